The molecule has 2 N–H and O–H groups in total. The molecular formula is C43H85N2O6P. The van der Waals surface area contributed by atoms with E-state index >= 15 is 0 Å². The molecule has 0 heterocycles. The zero-order valence-corrected chi connectivity index (χ0v) is 35.7. The number of quaternary nitrogens is 1. The number of amides is 1. The second kappa shape index (κ2) is 35.7. The second-order valence-electron chi connectivity index (χ2n) is 16.0. The number of phosphoric acid groups is 1. The van der Waals surface area contributed by atoms with E-state index in [-0.39, 0.29) is 12.5 Å². The highest BCUT2D eigenvalue weighted by Gasteiger charge is 2.23. The molecule has 0 radical (unpaired) electrons. The summed E-state index contributed by atoms with van der Waals surface area (Å²) < 4.78 is 23.1. The van der Waals surface area contributed by atoms with Crippen LogP contribution in [0.15, 0.2) is 24.3 Å². The molecule has 0 saturated heterocycles. The van der Waals surface area contributed by atoms with Gasteiger partial charge in [0.2, 0.25) is 5.91 Å². The Morgan fingerprint density at radius 2 is 1.08 bits per heavy atom. The Balaban J connectivity index is 4.27. The number of carbonyl (C=O) groups excluding carboxylic acids is 1. The maximum Gasteiger partial charge on any atom is 0.268 e. The molecule has 3 atom stereocenters. The molecule has 0 saturated carbocycles. The number of aliphatic hydroxyl groups is 1. The van der Waals surface area contributed by atoms with Gasteiger partial charge in [-0.2, -0.15) is 0 Å². The van der Waals surface area contributed by atoms with Gasteiger partial charge in [0.25, 0.3) is 7.82 Å². The monoisotopic (exact) mass is 757 g/mol. The van der Waals surface area contributed by atoms with Gasteiger partial charge in [0.05, 0.1) is 39.9 Å². The van der Waals surface area contributed by atoms with Crippen LogP contribution in [0.2, 0.25) is 0 Å². The fourth-order valence-corrected chi connectivity index (χ4v) is 6.89. The quantitative estimate of drug-likeness (QED) is 0.0280. The van der Waals surface area contributed by atoms with Crippen molar-refractivity contribution < 1.29 is 32.9 Å². The summed E-state index contributed by atoms with van der Waals surface area (Å²) in [5.41, 5.74) is 0. The number of phosphoric ester groups is 1. The standard InChI is InChI=1S/C43H85N2O6P/c1-6-8-10-12-14-15-16-17-18-19-20-21-22-23-24-25-26-27-28-29-31-32-34-36-42(46)41(40-51-52(48,49)50-39-38-45(3,4)5)44-43(47)37-35-33-30-13-11-9-7-2/h28-29,34,36,41-42,46H,6-27,30-33,35,37-40H2,1-5H3,(H-,44,47,48,49)/b29-28+,36-34+. The van der Waals surface area contributed by atoms with E-state index in [4.69, 9.17) is 9.05 Å². The van der Waals surface area contributed by atoms with E-state index in [1.165, 1.54) is 135 Å². The third-order valence-corrected chi connectivity index (χ3v) is 10.6. The van der Waals surface area contributed by atoms with Gasteiger partial charge in [-0.1, -0.05) is 179 Å². The number of aliphatic hydroxyl groups excluding tert-OH is 1. The van der Waals surface area contributed by atoms with Crippen molar-refractivity contribution in [2.24, 2.45) is 0 Å². The molecule has 0 aliphatic heterocycles. The van der Waals surface area contributed by atoms with Crippen molar-refractivity contribution in [3.63, 3.8) is 0 Å². The summed E-state index contributed by atoms with van der Waals surface area (Å²) in [6.45, 7) is 4.57. The number of nitrogens with one attached hydrogen (secondary N) is 1. The maximum atomic E-state index is 12.7. The van der Waals surface area contributed by atoms with Gasteiger partial charge in [0.1, 0.15) is 13.2 Å². The summed E-state index contributed by atoms with van der Waals surface area (Å²) in [4.78, 5) is 25.1. The van der Waals surface area contributed by atoms with Gasteiger partial charge in [-0.25, -0.2) is 0 Å². The number of allylic oxidation sites excluding steroid dienone is 3. The number of nitrogens with zero attached hydrogens (tertiary/aromatic N) is 1. The molecule has 1 amide bonds. The van der Waals surface area contributed by atoms with Gasteiger partial charge < -0.3 is 28.8 Å². The van der Waals surface area contributed by atoms with Crippen molar-refractivity contribution in [3.8, 4) is 0 Å². The van der Waals surface area contributed by atoms with Gasteiger partial charge in [-0.05, 0) is 32.1 Å². The Bertz CT molecular complexity index is 907. The van der Waals surface area contributed by atoms with Crippen molar-refractivity contribution in [1.82, 2.24) is 5.32 Å². The maximum absolute atomic E-state index is 12.7. The number of rotatable bonds is 39. The van der Waals surface area contributed by atoms with Crippen LogP contribution in [0.3, 0.4) is 0 Å². The first-order valence-electron chi connectivity index (χ1n) is 21.7. The van der Waals surface area contributed by atoms with Crippen molar-refractivity contribution in [2.45, 2.75) is 206 Å². The lowest BCUT2D eigenvalue weighted by molar-refractivity contribution is -0.870. The van der Waals surface area contributed by atoms with Crippen LogP contribution in [-0.2, 0) is 18.4 Å². The smallest absolute Gasteiger partial charge is 0.268 e. The van der Waals surface area contributed by atoms with E-state index in [1.54, 1.807) is 6.08 Å². The molecule has 0 aliphatic carbocycles. The number of carbonyl (C=O) groups is 1. The lowest BCUT2D eigenvalue weighted by Crippen LogP contribution is -2.45. The van der Waals surface area contributed by atoms with Crippen LogP contribution < -0.4 is 10.2 Å². The average Bonchev–Trinajstić information content (AvgIpc) is 3.09. The Morgan fingerprint density at radius 1 is 0.654 bits per heavy atom. The number of hydrogen-bond donors (Lipinski definition) is 2. The fraction of sp³-hybridized carbons (Fsp3) is 0.884. The molecule has 0 aromatic rings. The van der Waals surface area contributed by atoms with Crippen LogP contribution in [0.5, 0.6) is 0 Å². The minimum absolute atomic E-state index is 0.00492. The minimum atomic E-state index is -4.58. The zero-order chi connectivity index (χ0) is 38.6. The number of unbranched alkanes of at least 4 members (excludes halogenated alkanes) is 24. The molecule has 3 unspecified atom stereocenters. The molecule has 0 spiro atoms. The minimum Gasteiger partial charge on any atom is -0.756 e. The molecule has 8 nitrogen and oxygen atoms in total. The first-order valence-corrected chi connectivity index (χ1v) is 23.2. The van der Waals surface area contributed by atoms with E-state index in [1.807, 2.05) is 27.2 Å². The van der Waals surface area contributed by atoms with Gasteiger partial charge >= 0.3 is 0 Å². The predicted octanol–water partition coefficient (Wildman–Crippen LogP) is 11.1. The van der Waals surface area contributed by atoms with Gasteiger partial charge in [-0.15, -0.1) is 0 Å². The van der Waals surface area contributed by atoms with Crippen molar-refractivity contribution >= 4 is 13.7 Å². The van der Waals surface area contributed by atoms with Gasteiger partial charge in [-0.3, -0.25) is 9.36 Å². The molecule has 0 rings (SSSR count). The Morgan fingerprint density at radius 3 is 1.56 bits per heavy atom. The fourth-order valence-electron chi connectivity index (χ4n) is 6.17. The van der Waals surface area contributed by atoms with E-state index in [9.17, 15) is 19.4 Å². The van der Waals surface area contributed by atoms with E-state index in [0.717, 1.165) is 38.5 Å². The molecule has 0 fully saturated rings. The molecule has 9 heteroatoms. The predicted molar refractivity (Wildman–Crippen MR) is 219 cm³/mol. The summed E-state index contributed by atoms with van der Waals surface area (Å²) >= 11 is 0. The zero-order valence-electron chi connectivity index (χ0n) is 34.8. The largest absolute Gasteiger partial charge is 0.756 e. The number of likely N-dealkylation sites (N-methyl/N-ethyl adjacent to an activating group) is 1. The molecule has 0 aliphatic rings. The molecule has 308 valence electrons. The first-order chi connectivity index (χ1) is 25.0. The number of hydrogen-bond acceptors (Lipinski definition) is 6. The Hall–Kier alpha value is -1.02. The molecule has 0 aromatic heterocycles. The van der Waals surface area contributed by atoms with Crippen molar-refractivity contribution in [1.29, 1.82) is 0 Å². The van der Waals surface area contributed by atoms with E-state index < -0.39 is 26.6 Å². The lowest BCUT2D eigenvalue weighted by Gasteiger charge is -2.29. The summed E-state index contributed by atoms with van der Waals surface area (Å²) in [6.07, 6.45) is 41.2. The summed E-state index contributed by atoms with van der Waals surface area (Å²) in [6, 6.07) is -0.896. The SMILES string of the molecule is CCCCCCCCCCCCCCCCCCC/C=C/CC/C=C/C(O)C(COP(=O)([O-])OCC[N+](C)(C)C)NC(=O)CCCCCCCCC. The van der Waals surface area contributed by atoms with Crippen LogP contribution in [-0.4, -0.2) is 68.5 Å². The third kappa shape index (κ3) is 37.3. The molecule has 0 aromatic carbocycles. The van der Waals surface area contributed by atoms with Crippen LogP contribution in [0, 0.1) is 0 Å². The first kappa shape index (κ1) is 51.0. The Kier molecular flexibility index (Phi) is 35.0. The summed E-state index contributed by atoms with van der Waals surface area (Å²) in [5.74, 6) is -0.214. The van der Waals surface area contributed by atoms with Crippen LogP contribution >= 0.6 is 7.82 Å². The molecular weight excluding hydrogens is 671 g/mol. The summed E-state index contributed by atoms with van der Waals surface area (Å²) in [5, 5.41) is 13.7. The Labute approximate surface area is 322 Å². The van der Waals surface area contributed by atoms with E-state index in [0.29, 0.717) is 17.4 Å². The van der Waals surface area contributed by atoms with E-state index in [2.05, 4.69) is 31.3 Å². The molecule has 0 bridgehead atoms. The van der Waals surface area contributed by atoms with Gasteiger partial charge in [0, 0.05) is 6.42 Å². The highest BCUT2D eigenvalue weighted by molar-refractivity contribution is 7.45. The van der Waals surface area contributed by atoms with Crippen LogP contribution in [0.25, 0.3) is 0 Å². The highest BCUT2D eigenvalue weighted by Crippen LogP contribution is 2.38. The topological polar surface area (TPSA) is 108 Å². The lowest BCUT2D eigenvalue weighted by atomic mass is 10.0. The van der Waals surface area contributed by atoms with Crippen LogP contribution in [0.4, 0.5) is 0 Å². The summed E-state index contributed by atoms with van der Waals surface area (Å²) in [7, 11) is 1.24. The highest BCUT2D eigenvalue weighted by atomic mass is 31.2. The van der Waals surface area contributed by atoms with Crippen molar-refractivity contribution in [3.05, 3.63) is 24.3 Å². The second-order valence-corrected chi connectivity index (χ2v) is 17.5. The third-order valence-electron chi connectivity index (χ3n) is 9.66. The van der Waals surface area contributed by atoms with Gasteiger partial charge in [0.15, 0.2) is 0 Å². The average molecular weight is 757 g/mol. The van der Waals surface area contributed by atoms with Crippen LogP contribution in [0.1, 0.15) is 194 Å². The normalized spacial score (nSPS) is 14.7. The van der Waals surface area contributed by atoms with Crippen molar-refractivity contribution in [2.75, 3.05) is 40.9 Å². The molecule has 52 heavy (non-hydrogen) atoms.